The molecule has 2 atom stereocenters. The molecule has 0 spiro atoms. The molecule has 4 rings (SSSR count). The zero-order valence-electron chi connectivity index (χ0n) is 16.1. The third-order valence-electron chi connectivity index (χ3n) is 5.36. The normalized spacial score (nSPS) is 24.7. The molecule has 11 heteroatoms. The molecule has 1 aromatic carbocycles. The fourth-order valence-electron chi connectivity index (χ4n) is 3.77. The minimum absolute atomic E-state index is 0.0489. The van der Waals surface area contributed by atoms with E-state index in [1.165, 1.54) is 24.3 Å². The fraction of sp³-hybridized carbons (Fsp3) is 0.579. The van der Waals surface area contributed by atoms with E-state index in [-0.39, 0.29) is 49.2 Å². The van der Waals surface area contributed by atoms with E-state index in [4.69, 9.17) is 9.47 Å². The van der Waals surface area contributed by atoms with Gasteiger partial charge in [-0.05, 0) is 24.1 Å². The van der Waals surface area contributed by atoms with Gasteiger partial charge in [0.05, 0.1) is 37.9 Å². The van der Waals surface area contributed by atoms with Crippen molar-refractivity contribution in [1.82, 2.24) is 15.1 Å². The Kier molecular flexibility index (Phi) is 5.74. The van der Waals surface area contributed by atoms with Crippen LogP contribution in [0.5, 0.6) is 5.75 Å². The number of nitrogens with zero attached hydrogens (tertiary/aromatic N) is 2. The molecule has 0 saturated carbocycles. The molecule has 0 unspecified atom stereocenters. The lowest BCUT2D eigenvalue weighted by Crippen LogP contribution is -2.65. The van der Waals surface area contributed by atoms with Crippen molar-refractivity contribution in [3.05, 3.63) is 29.8 Å². The Bertz CT molecular complexity index is 783. The lowest BCUT2D eigenvalue weighted by Gasteiger charge is -2.45. The first-order chi connectivity index (χ1) is 14.3. The van der Waals surface area contributed by atoms with Crippen LogP contribution in [-0.4, -0.2) is 79.1 Å². The third-order valence-corrected chi connectivity index (χ3v) is 5.36. The first-order valence-corrected chi connectivity index (χ1v) is 9.68. The number of amides is 3. The Hall–Kier alpha value is -2.53. The number of carbonyl (C=O) groups is 2. The summed E-state index contributed by atoms with van der Waals surface area (Å²) in [4.78, 5) is 27.5. The van der Waals surface area contributed by atoms with Crippen LogP contribution in [0.4, 0.5) is 18.0 Å². The summed E-state index contributed by atoms with van der Waals surface area (Å²) in [6.07, 6.45) is -4.22. The van der Waals surface area contributed by atoms with Crippen LogP contribution in [0.3, 0.4) is 0 Å². The molecule has 1 N–H and O–H groups in total. The van der Waals surface area contributed by atoms with Gasteiger partial charge in [0.25, 0.3) is 0 Å². The number of nitrogens with one attached hydrogen (secondary N) is 1. The highest BCUT2D eigenvalue weighted by Gasteiger charge is 2.40. The second-order valence-electron chi connectivity index (χ2n) is 7.57. The summed E-state index contributed by atoms with van der Waals surface area (Å²) < 4.78 is 51.6. The molecule has 0 bridgehead atoms. The van der Waals surface area contributed by atoms with Crippen molar-refractivity contribution in [2.75, 3.05) is 32.8 Å². The molecular formula is C19H22F3N3O5. The number of carbonyl (C=O) groups excluding carboxylic acids is 2. The van der Waals surface area contributed by atoms with E-state index < -0.39 is 6.36 Å². The summed E-state index contributed by atoms with van der Waals surface area (Å²) in [5.74, 6) is -0.448. The third kappa shape index (κ3) is 4.96. The van der Waals surface area contributed by atoms with E-state index >= 15 is 0 Å². The van der Waals surface area contributed by atoms with Crippen LogP contribution in [-0.2, 0) is 20.9 Å². The van der Waals surface area contributed by atoms with Crippen molar-refractivity contribution >= 4 is 11.9 Å². The summed E-state index contributed by atoms with van der Waals surface area (Å²) >= 11 is 0. The lowest BCUT2D eigenvalue weighted by atomic mass is 10.0. The molecule has 3 saturated heterocycles. The van der Waals surface area contributed by atoms with E-state index in [1.54, 1.807) is 9.80 Å². The minimum atomic E-state index is -4.72. The molecule has 164 valence electrons. The summed E-state index contributed by atoms with van der Waals surface area (Å²) in [6, 6.07) is 5.21. The van der Waals surface area contributed by atoms with Crippen LogP contribution in [0.1, 0.15) is 12.0 Å². The van der Waals surface area contributed by atoms with Gasteiger partial charge in [0, 0.05) is 13.1 Å². The topological polar surface area (TPSA) is 80.3 Å². The standard InChI is InChI=1S/C19H22F3N3O5/c20-19(21,22)30-13-3-1-12(2-4-13)10-28-14-7-25(8-14)18(27)24-6-5-16-15(9-24)23-17(26)11-29-16/h1-4,14-16H,5-11H2,(H,23,26)/t15-,16-/m0/s1. The van der Waals surface area contributed by atoms with E-state index in [2.05, 4.69) is 10.1 Å². The summed E-state index contributed by atoms with van der Waals surface area (Å²) in [7, 11) is 0. The number of alkyl halides is 3. The number of benzene rings is 1. The van der Waals surface area contributed by atoms with Crippen molar-refractivity contribution in [3.8, 4) is 5.75 Å². The molecular weight excluding hydrogens is 407 g/mol. The molecule has 0 radical (unpaired) electrons. The van der Waals surface area contributed by atoms with Crippen LogP contribution in [0.15, 0.2) is 24.3 Å². The Morgan fingerprint density at radius 3 is 2.60 bits per heavy atom. The molecule has 30 heavy (non-hydrogen) atoms. The van der Waals surface area contributed by atoms with Crippen molar-refractivity contribution in [1.29, 1.82) is 0 Å². The van der Waals surface area contributed by atoms with Crippen LogP contribution in [0.2, 0.25) is 0 Å². The van der Waals surface area contributed by atoms with Crippen molar-refractivity contribution < 1.29 is 37.0 Å². The number of fused-ring (bicyclic) bond motifs is 1. The predicted molar refractivity (Wildman–Crippen MR) is 96.5 cm³/mol. The number of urea groups is 1. The number of hydrogen-bond acceptors (Lipinski definition) is 5. The lowest BCUT2D eigenvalue weighted by molar-refractivity contribution is -0.274. The Morgan fingerprint density at radius 1 is 1.17 bits per heavy atom. The quantitative estimate of drug-likeness (QED) is 0.785. The Balaban J connectivity index is 1.19. The van der Waals surface area contributed by atoms with Crippen molar-refractivity contribution in [2.45, 2.75) is 37.6 Å². The van der Waals surface area contributed by atoms with E-state index in [1.807, 2.05) is 0 Å². The monoisotopic (exact) mass is 429 g/mol. The van der Waals surface area contributed by atoms with Crippen LogP contribution >= 0.6 is 0 Å². The molecule has 0 aliphatic carbocycles. The number of hydrogen-bond donors (Lipinski definition) is 1. The van der Waals surface area contributed by atoms with Crippen LogP contribution < -0.4 is 10.1 Å². The first kappa shape index (κ1) is 20.7. The molecule has 3 aliphatic rings. The van der Waals surface area contributed by atoms with E-state index in [9.17, 15) is 22.8 Å². The molecule has 8 nitrogen and oxygen atoms in total. The van der Waals surface area contributed by atoms with Gasteiger partial charge in [-0.2, -0.15) is 0 Å². The van der Waals surface area contributed by atoms with Crippen LogP contribution in [0, 0.1) is 0 Å². The number of morpholine rings is 1. The Labute approximate surface area is 170 Å². The molecule has 0 aromatic heterocycles. The largest absolute Gasteiger partial charge is 0.573 e. The average Bonchev–Trinajstić information content (AvgIpc) is 2.66. The van der Waals surface area contributed by atoms with Gasteiger partial charge in [0.15, 0.2) is 0 Å². The van der Waals surface area contributed by atoms with Gasteiger partial charge in [-0.25, -0.2) is 4.79 Å². The second kappa shape index (κ2) is 8.31. The first-order valence-electron chi connectivity index (χ1n) is 9.68. The zero-order chi connectivity index (χ0) is 21.3. The summed E-state index contributed by atoms with van der Waals surface area (Å²) in [5.41, 5.74) is 0.712. The SMILES string of the molecule is O=C1CO[C@H]2CCN(C(=O)N3CC(OCc4ccc(OC(F)(F)F)cc4)C3)C[C@@H]2N1. The highest BCUT2D eigenvalue weighted by molar-refractivity contribution is 5.79. The van der Waals surface area contributed by atoms with Gasteiger partial charge in [0.1, 0.15) is 12.4 Å². The minimum Gasteiger partial charge on any atom is -0.406 e. The highest BCUT2D eigenvalue weighted by atomic mass is 19.4. The number of piperidine rings is 1. The average molecular weight is 429 g/mol. The molecule has 3 amide bonds. The number of likely N-dealkylation sites (tertiary alicyclic amines) is 2. The summed E-state index contributed by atoms with van der Waals surface area (Å²) in [6.45, 7) is 2.19. The molecule has 3 fully saturated rings. The fourth-order valence-corrected chi connectivity index (χ4v) is 3.77. The van der Waals surface area contributed by atoms with Gasteiger partial charge in [-0.1, -0.05) is 12.1 Å². The Morgan fingerprint density at radius 2 is 1.90 bits per heavy atom. The number of ether oxygens (including phenoxy) is 3. The van der Waals surface area contributed by atoms with Gasteiger partial charge < -0.3 is 29.3 Å². The molecule has 1 aromatic rings. The van der Waals surface area contributed by atoms with Gasteiger partial charge in [-0.3, -0.25) is 4.79 Å². The maximum atomic E-state index is 12.6. The second-order valence-corrected chi connectivity index (χ2v) is 7.57. The number of rotatable bonds is 4. The van der Waals surface area contributed by atoms with Crippen molar-refractivity contribution in [3.63, 3.8) is 0 Å². The molecule has 3 aliphatic heterocycles. The predicted octanol–water partition coefficient (Wildman–Crippen LogP) is 1.50. The van der Waals surface area contributed by atoms with E-state index in [0.717, 1.165) is 0 Å². The summed E-state index contributed by atoms with van der Waals surface area (Å²) in [5, 5.41) is 2.87. The van der Waals surface area contributed by atoms with Gasteiger partial charge >= 0.3 is 12.4 Å². The van der Waals surface area contributed by atoms with Crippen molar-refractivity contribution in [2.24, 2.45) is 0 Å². The van der Waals surface area contributed by atoms with Crippen LogP contribution in [0.25, 0.3) is 0 Å². The van der Waals surface area contributed by atoms with E-state index in [0.29, 0.717) is 38.2 Å². The maximum absolute atomic E-state index is 12.6. The smallest absolute Gasteiger partial charge is 0.406 e. The van der Waals surface area contributed by atoms with Gasteiger partial charge in [0.2, 0.25) is 5.91 Å². The highest BCUT2D eigenvalue weighted by Crippen LogP contribution is 2.24. The van der Waals surface area contributed by atoms with Gasteiger partial charge in [-0.15, -0.1) is 13.2 Å². The maximum Gasteiger partial charge on any atom is 0.573 e. The molecule has 3 heterocycles. The number of halogens is 3. The zero-order valence-corrected chi connectivity index (χ0v) is 16.1.